The van der Waals surface area contributed by atoms with Crippen molar-refractivity contribution in [3.05, 3.63) is 58.1 Å². The zero-order valence-electron chi connectivity index (χ0n) is 15.8. The lowest BCUT2D eigenvalue weighted by atomic mass is 10.2. The molecule has 29 heavy (non-hydrogen) atoms. The molecule has 0 aliphatic carbocycles. The minimum absolute atomic E-state index is 0.0445. The third kappa shape index (κ3) is 7.97. The van der Waals surface area contributed by atoms with Gasteiger partial charge in [-0.25, -0.2) is 4.79 Å². The molecule has 2 rings (SSSR count). The summed E-state index contributed by atoms with van der Waals surface area (Å²) in [7, 11) is 0. The van der Waals surface area contributed by atoms with Gasteiger partial charge < -0.3 is 15.4 Å². The lowest BCUT2D eigenvalue weighted by Gasteiger charge is -2.11. The van der Waals surface area contributed by atoms with Crippen molar-refractivity contribution in [3.8, 4) is 0 Å². The number of ether oxygens (including phenoxy) is 1. The molecule has 0 aliphatic heterocycles. The van der Waals surface area contributed by atoms with E-state index in [1.165, 1.54) is 11.8 Å². The van der Waals surface area contributed by atoms with Crippen LogP contribution in [0.3, 0.4) is 0 Å². The minimum atomic E-state index is -0.631. The summed E-state index contributed by atoms with van der Waals surface area (Å²) in [6, 6.07) is 11.4. The van der Waals surface area contributed by atoms with E-state index >= 15 is 0 Å². The van der Waals surface area contributed by atoms with Crippen LogP contribution in [0.2, 0.25) is 10.0 Å². The number of benzene rings is 2. The molecule has 0 atom stereocenters. The van der Waals surface area contributed by atoms with Crippen molar-refractivity contribution in [1.82, 2.24) is 5.32 Å². The molecule has 2 N–H and O–H groups in total. The van der Waals surface area contributed by atoms with E-state index in [-0.39, 0.29) is 35.8 Å². The van der Waals surface area contributed by atoms with Gasteiger partial charge in [-0.1, -0.05) is 35.3 Å². The van der Waals surface area contributed by atoms with Crippen LogP contribution in [0.15, 0.2) is 47.4 Å². The molecule has 0 heterocycles. The van der Waals surface area contributed by atoms with Gasteiger partial charge in [0.1, 0.15) is 0 Å². The van der Waals surface area contributed by atoms with Crippen LogP contribution in [0.4, 0.5) is 5.69 Å². The number of nitrogens with one attached hydrogen (secondary N) is 2. The summed E-state index contributed by atoms with van der Waals surface area (Å²) in [5, 5.41) is 6.17. The van der Waals surface area contributed by atoms with Gasteiger partial charge in [0.2, 0.25) is 5.91 Å². The maximum absolute atomic E-state index is 12.3. The predicted octanol–water partition coefficient (Wildman–Crippen LogP) is 4.41. The Morgan fingerprint density at radius 1 is 1.03 bits per heavy atom. The zero-order chi connectivity index (χ0) is 21.4. The molecule has 6 nitrogen and oxygen atoms in total. The second-order valence-electron chi connectivity index (χ2n) is 6.29. The smallest absolute Gasteiger partial charge is 0.339 e. The molecule has 0 aliphatic rings. The Hall–Kier alpha value is -2.22. The van der Waals surface area contributed by atoms with Gasteiger partial charge in [0.05, 0.1) is 11.3 Å². The number of amides is 2. The molecule has 154 valence electrons. The monoisotopic (exact) mass is 454 g/mol. The first kappa shape index (κ1) is 23.1. The summed E-state index contributed by atoms with van der Waals surface area (Å²) in [5.74, 6) is -1.23. The predicted molar refractivity (Wildman–Crippen MR) is 116 cm³/mol. The van der Waals surface area contributed by atoms with Gasteiger partial charge in [-0.2, -0.15) is 0 Å². The lowest BCUT2D eigenvalue weighted by Crippen LogP contribution is -2.34. The molecule has 0 aromatic heterocycles. The molecular weight excluding hydrogens is 435 g/mol. The molecule has 0 radical (unpaired) electrons. The van der Waals surface area contributed by atoms with Gasteiger partial charge >= 0.3 is 5.97 Å². The summed E-state index contributed by atoms with van der Waals surface area (Å²) in [6.45, 7) is 3.26. The number of carbonyl (C=O) groups is 3. The fourth-order valence-electron chi connectivity index (χ4n) is 2.30. The molecule has 0 saturated carbocycles. The number of halogens is 2. The summed E-state index contributed by atoms with van der Waals surface area (Å²) >= 11 is 13.0. The lowest BCUT2D eigenvalue weighted by molar-refractivity contribution is -0.124. The van der Waals surface area contributed by atoms with E-state index in [1.807, 2.05) is 13.8 Å². The molecule has 2 amide bonds. The Morgan fingerprint density at radius 3 is 2.34 bits per heavy atom. The highest BCUT2D eigenvalue weighted by Gasteiger charge is 2.16. The van der Waals surface area contributed by atoms with Crippen LogP contribution in [0.1, 0.15) is 24.2 Å². The summed E-state index contributed by atoms with van der Waals surface area (Å²) in [4.78, 5) is 36.8. The Balaban J connectivity index is 1.95. The number of anilines is 1. The van der Waals surface area contributed by atoms with Crippen molar-refractivity contribution in [1.29, 1.82) is 0 Å². The second kappa shape index (κ2) is 11.1. The number of hydrogen-bond acceptors (Lipinski definition) is 5. The highest BCUT2D eigenvalue weighted by Crippen LogP contribution is 2.25. The number of carbonyl (C=O) groups excluding carboxylic acids is 3. The summed E-state index contributed by atoms with van der Waals surface area (Å²) < 4.78 is 5.07. The van der Waals surface area contributed by atoms with E-state index < -0.39 is 5.97 Å². The summed E-state index contributed by atoms with van der Waals surface area (Å²) in [6.07, 6.45) is 0. The molecule has 0 fully saturated rings. The Bertz CT molecular complexity index is 886. The van der Waals surface area contributed by atoms with Crippen LogP contribution in [-0.2, 0) is 14.3 Å². The Kier molecular flexibility index (Phi) is 8.82. The molecule has 0 unspecified atom stereocenters. The Morgan fingerprint density at radius 2 is 1.69 bits per heavy atom. The number of rotatable bonds is 8. The van der Waals surface area contributed by atoms with Gasteiger partial charge in [-0.05, 0) is 44.2 Å². The van der Waals surface area contributed by atoms with E-state index in [0.717, 1.165) is 0 Å². The van der Waals surface area contributed by atoms with Crippen molar-refractivity contribution in [2.24, 2.45) is 0 Å². The van der Waals surface area contributed by atoms with Crippen molar-refractivity contribution in [2.45, 2.75) is 24.8 Å². The molecule has 0 bridgehead atoms. The van der Waals surface area contributed by atoms with E-state index in [2.05, 4.69) is 10.6 Å². The van der Waals surface area contributed by atoms with Gasteiger partial charge in [0, 0.05) is 26.7 Å². The van der Waals surface area contributed by atoms with E-state index in [0.29, 0.717) is 20.6 Å². The van der Waals surface area contributed by atoms with E-state index in [1.54, 1.807) is 42.5 Å². The van der Waals surface area contributed by atoms with Crippen LogP contribution in [0, 0.1) is 0 Å². The quantitative estimate of drug-likeness (QED) is 0.455. The average molecular weight is 455 g/mol. The average Bonchev–Trinajstić information content (AvgIpc) is 2.63. The highest BCUT2D eigenvalue weighted by atomic mass is 35.5. The van der Waals surface area contributed by atoms with Crippen molar-refractivity contribution >= 4 is 58.4 Å². The van der Waals surface area contributed by atoms with Crippen LogP contribution in [0.5, 0.6) is 0 Å². The number of hydrogen-bond donors (Lipinski definition) is 2. The van der Waals surface area contributed by atoms with Crippen molar-refractivity contribution in [2.75, 3.05) is 17.7 Å². The van der Waals surface area contributed by atoms with Crippen LogP contribution in [0.25, 0.3) is 0 Å². The number of thioether (sulfide) groups is 1. The fourth-order valence-corrected chi connectivity index (χ4v) is 3.67. The normalized spacial score (nSPS) is 10.5. The maximum atomic E-state index is 12.3. The van der Waals surface area contributed by atoms with Gasteiger partial charge in [0.15, 0.2) is 6.61 Å². The van der Waals surface area contributed by atoms with Crippen LogP contribution in [-0.4, -0.2) is 36.2 Å². The van der Waals surface area contributed by atoms with Crippen LogP contribution < -0.4 is 10.6 Å². The minimum Gasteiger partial charge on any atom is -0.452 e. The highest BCUT2D eigenvalue weighted by molar-refractivity contribution is 8.00. The van der Waals surface area contributed by atoms with Crippen molar-refractivity contribution < 1.29 is 19.1 Å². The first-order valence-electron chi connectivity index (χ1n) is 8.69. The molecule has 2 aromatic carbocycles. The van der Waals surface area contributed by atoms with E-state index in [4.69, 9.17) is 27.9 Å². The third-order valence-electron chi connectivity index (χ3n) is 3.40. The standard InChI is InChI=1S/C20H20Cl2N2O4S/c1-12(2)23-18(25)10-28-20(27)16-5-3-4-6-17(16)29-11-19(26)24-15-8-13(21)7-14(22)9-15/h3-9,12H,10-11H2,1-2H3,(H,23,25)(H,24,26). The first-order valence-corrected chi connectivity index (χ1v) is 10.4. The summed E-state index contributed by atoms with van der Waals surface area (Å²) in [5.41, 5.74) is 0.769. The topological polar surface area (TPSA) is 84.5 Å². The SMILES string of the molecule is CC(C)NC(=O)COC(=O)c1ccccc1SCC(=O)Nc1cc(Cl)cc(Cl)c1. The fraction of sp³-hybridized carbons (Fsp3) is 0.250. The molecular formula is C20H20Cl2N2O4S. The largest absolute Gasteiger partial charge is 0.452 e. The first-order chi connectivity index (χ1) is 13.7. The van der Waals surface area contributed by atoms with Crippen LogP contribution >= 0.6 is 35.0 Å². The molecule has 2 aromatic rings. The second-order valence-corrected chi connectivity index (χ2v) is 8.18. The van der Waals surface area contributed by atoms with Gasteiger partial charge in [0.25, 0.3) is 5.91 Å². The molecule has 0 saturated heterocycles. The number of esters is 1. The molecule has 0 spiro atoms. The van der Waals surface area contributed by atoms with Gasteiger partial charge in [-0.3, -0.25) is 9.59 Å². The third-order valence-corrected chi connectivity index (χ3v) is 4.91. The molecule has 9 heteroatoms. The Labute approximate surface area is 183 Å². The van der Waals surface area contributed by atoms with Gasteiger partial charge in [-0.15, -0.1) is 11.8 Å². The van der Waals surface area contributed by atoms with Crippen molar-refractivity contribution in [3.63, 3.8) is 0 Å². The maximum Gasteiger partial charge on any atom is 0.339 e. The zero-order valence-corrected chi connectivity index (χ0v) is 18.2. The van der Waals surface area contributed by atoms with E-state index in [9.17, 15) is 14.4 Å².